The molecule has 5 nitrogen and oxygen atoms in total. The summed E-state index contributed by atoms with van der Waals surface area (Å²) in [5, 5.41) is 8.73. The van der Waals surface area contributed by atoms with Crippen LogP contribution in [0.2, 0.25) is 0 Å². The zero-order valence-corrected chi connectivity index (χ0v) is 10.4. The molecule has 0 spiro atoms. The first-order valence-corrected chi connectivity index (χ1v) is 6.72. The molecule has 6 heteroatoms. The molecule has 0 radical (unpaired) electrons. The van der Waals surface area contributed by atoms with Crippen LogP contribution in [0.4, 0.5) is 5.13 Å². The van der Waals surface area contributed by atoms with E-state index in [1.165, 1.54) is 11.3 Å². The highest BCUT2D eigenvalue weighted by molar-refractivity contribution is 7.13. The van der Waals surface area contributed by atoms with Crippen molar-refractivity contribution in [1.82, 2.24) is 10.3 Å². The number of nitrogens with one attached hydrogen (secondary N) is 2. The summed E-state index contributed by atoms with van der Waals surface area (Å²) in [6.45, 7) is 2.90. The number of amides is 1. The van der Waals surface area contributed by atoms with Crippen molar-refractivity contribution < 1.29 is 9.53 Å². The van der Waals surface area contributed by atoms with Crippen molar-refractivity contribution in [3.8, 4) is 0 Å². The maximum atomic E-state index is 12.0. The van der Waals surface area contributed by atoms with E-state index in [2.05, 4.69) is 15.6 Å². The van der Waals surface area contributed by atoms with Gasteiger partial charge in [0.1, 0.15) is 6.10 Å². The smallest absolute Gasteiger partial charge is 0.255 e. The molecule has 2 fully saturated rings. The van der Waals surface area contributed by atoms with Crippen molar-refractivity contribution in [3.63, 3.8) is 0 Å². The molecule has 1 aromatic heterocycles. The van der Waals surface area contributed by atoms with Gasteiger partial charge in [-0.1, -0.05) is 0 Å². The highest BCUT2D eigenvalue weighted by atomic mass is 32.1. The minimum atomic E-state index is -0.331. The van der Waals surface area contributed by atoms with Gasteiger partial charge >= 0.3 is 0 Å². The third-order valence-electron chi connectivity index (χ3n) is 3.23. The first-order valence-electron chi connectivity index (χ1n) is 5.84. The van der Waals surface area contributed by atoms with E-state index in [0.29, 0.717) is 11.2 Å². The first kappa shape index (κ1) is 11.1. The number of hydrogen-bond acceptors (Lipinski definition) is 5. The molecule has 2 aliphatic rings. The normalized spacial score (nSPS) is 31.5. The second kappa shape index (κ2) is 4.36. The largest absolute Gasteiger partial charge is 0.363 e. The maximum Gasteiger partial charge on any atom is 0.255 e. The standard InChI is InChI=1S/C11H15N3O2S/c1-6-5-17-11(13-6)14-10(15)9-4-7-8(16-9)2-3-12-7/h5,7-9,12H,2-4H2,1H3,(H,13,14,15)/t7-,8-,9+/m1/s1. The summed E-state index contributed by atoms with van der Waals surface area (Å²) in [5.74, 6) is -0.0736. The van der Waals surface area contributed by atoms with Crippen LogP contribution in [-0.4, -0.2) is 35.7 Å². The molecule has 2 N–H and O–H groups in total. The molecule has 2 saturated heterocycles. The molecule has 3 atom stereocenters. The van der Waals surface area contributed by atoms with Crippen molar-refractivity contribution in [1.29, 1.82) is 0 Å². The lowest BCUT2D eigenvalue weighted by Gasteiger charge is -2.10. The van der Waals surface area contributed by atoms with Crippen molar-refractivity contribution >= 4 is 22.4 Å². The zero-order chi connectivity index (χ0) is 11.8. The van der Waals surface area contributed by atoms with E-state index in [-0.39, 0.29) is 18.1 Å². The number of carbonyl (C=O) groups is 1. The number of aromatic nitrogens is 1. The summed E-state index contributed by atoms with van der Waals surface area (Å²) < 4.78 is 5.73. The Morgan fingerprint density at radius 3 is 3.29 bits per heavy atom. The van der Waals surface area contributed by atoms with E-state index >= 15 is 0 Å². The Labute approximate surface area is 104 Å². The molecule has 0 aliphatic carbocycles. The van der Waals surface area contributed by atoms with Crippen LogP contribution in [0.1, 0.15) is 18.5 Å². The van der Waals surface area contributed by atoms with Gasteiger partial charge in [-0.3, -0.25) is 10.1 Å². The van der Waals surface area contributed by atoms with Gasteiger partial charge in [0.2, 0.25) is 0 Å². The van der Waals surface area contributed by atoms with Gasteiger partial charge in [-0.15, -0.1) is 11.3 Å². The molecular formula is C11H15N3O2S. The molecule has 1 aromatic rings. The van der Waals surface area contributed by atoms with E-state index in [1.807, 2.05) is 12.3 Å². The van der Waals surface area contributed by atoms with Crippen LogP contribution in [0.5, 0.6) is 0 Å². The number of ether oxygens (including phenoxy) is 1. The molecule has 3 rings (SSSR count). The quantitative estimate of drug-likeness (QED) is 0.822. The van der Waals surface area contributed by atoms with Gasteiger partial charge in [-0.2, -0.15) is 0 Å². The molecule has 2 aliphatic heterocycles. The molecule has 0 bridgehead atoms. The molecule has 1 amide bonds. The van der Waals surface area contributed by atoms with Gasteiger partial charge in [-0.05, 0) is 19.9 Å². The average molecular weight is 253 g/mol. The van der Waals surface area contributed by atoms with Crippen LogP contribution in [0.3, 0.4) is 0 Å². The monoisotopic (exact) mass is 253 g/mol. The Morgan fingerprint density at radius 2 is 2.59 bits per heavy atom. The Balaban J connectivity index is 1.60. The van der Waals surface area contributed by atoms with Gasteiger partial charge in [0, 0.05) is 17.8 Å². The number of thiazole rings is 1. The zero-order valence-electron chi connectivity index (χ0n) is 9.60. The molecular weight excluding hydrogens is 238 g/mol. The van der Waals surface area contributed by atoms with Crippen LogP contribution in [0.25, 0.3) is 0 Å². The fourth-order valence-electron chi connectivity index (χ4n) is 2.40. The van der Waals surface area contributed by atoms with E-state index in [1.54, 1.807) is 0 Å². The second-order valence-corrected chi connectivity index (χ2v) is 5.39. The lowest BCUT2D eigenvalue weighted by Crippen LogP contribution is -2.29. The SMILES string of the molecule is Cc1csc(NC(=O)[C@@H]2C[C@H]3NCC[C@H]3O2)n1. The first-order chi connectivity index (χ1) is 8.22. The number of fused-ring (bicyclic) bond motifs is 1. The summed E-state index contributed by atoms with van der Waals surface area (Å²) in [7, 11) is 0. The second-order valence-electron chi connectivity index (χ2n) is 4.53. The number of anilines is 1. The fraction of sp³-hybridized carbons (Fsp3) is 0.636. The maximum absolute atomic E-state index is 12.0. The van der Waals surface area contributed by atoms with Gasteiger partial charge in [0.15, 0.2) is 5.13 Å². The molecule has 0 saturated carbocycles. The minimum Gasteiger partial charge on any atom is -0.363 e. The lowest BCUT2D eigenvalue weighted by molar-refractivity contribution is -0.126. The summed E-state index contributed by atoms with van der Waals surface area (Å²) in [5.41, 5.74) is 0.927. The summed E-state index contributed by atoms with van der Waals surface area (Å²) >= 11 is 1.44. The third kappa shape index (κ3) is 2.20. The summed E-state index contributed by atoms with van der Waals surface area (Å²) in [6.07, 6.45) is 1.65. The Hall–Kier alpha value is -0.980. The highest BCUT2D eigenvalue weighted by Crippen LogP contribution is 2.27. The van der Waals surface area contributed by atoms with E-state index in [0.717, 1.165) is 25.1 Å². The Bertz CT molecular complexity index is 422. The van der Waals surface area contributed by atoms with Crippen molar-refractivity contribution in [2.75, 3.05) is 11.9 Å². The molecule has 3 heterocycles. The van der Waals surface area contributed by atoms with Crippen molar-refractivity contribution in [3.05, 3.63) is 11.1 Å². The third-order valence-corrected chi connectivity index (χ3v) is 4.11. The molecule has 92 valence electrons. The van der Waals surface area contributed by atoms with E-state index < -0.39 is 0 Å². The fourth-order valence-corrected chi connectivity index (χ4v) is 3.10. The van der Waals surface area contributed by atoms with Gasteiger partial charge in [0.05, 0.1) is 11.8 Å². The summed E-state index contributed by atoms with van der Waals surface area (Å²) in [4.78, 5) is 16.2. The van der Waals surface area contributed by atoms with Gasteiger partial charge in [0.25, 0.3) is 5.91 Å². The Kier molecular flexibility index (Phi) is 2.85. The number of hydrogen-bond donors (Lipinski definition) is 2. The molecule has 0 unspecified atom stereocenters. The number of nitrogens with zero attached hydrogens (tertiary/aromatic N) is 1. The lowest BCUT2D eigenvalue weighted by atomic mass is 10.1. The van der Waals surface area contributed by atoms with Crippen LogP contribution < -0.4 is 10.6 Å². The topological polar surface area (TPSA) is 63.2 Å². The molecule has 17 heavy (non-hydrogen) atoms. The van der Waals surface area contributed by atoms with Crippen LogP contribution >= 0.6 is 11.3 Å². The van der Waals surface area contributed by atoms with Crippen LogP contribution in [0.15, 0.2) is 5.38 Å². The predicted octanol–water partition coefficient (Wildman–Crippen LogP) is 0.909. The van der Waals surface area contributed by atoms with E-state index in [4.69, 9.17) is 4.74 Å². The van der Waals surface area contributed by atoms with Crippen molar-refractivity contribution in [2.24, 2.45) is 0 Å². The van der Waals surface area contributed by atoms with Crippen LogP contribution in [0, 0.1) is 6.92 Å². The van der Waals surface area contributed by atoms with Crippen molar-refractivity contribution in [2.45, 2.75) is 38.0 Å². The average Bonchev–Trinajstić information content (AvgIpc) is 2.92. The predicted molar refractivity (Wildman–Crippen MR) is 65.2 cm³/mol. The minimum absolute atomic E-state index is 0.0736. The van der Waals surface area contributed by atoms with Crippen LogP contribution in [-0.2, 0) is 9.53 Å². The Morgan fingerprint density at radius 1 is 1.71 bits per heavy atom. The number of carbonyl (C=O) groups excluding carboxylic acids is 1. The van der Waals surface area contributed by atoms with Gasteiger partial charge < -0.3 is 10.1 Å². The van der Waals surface area contributed by atoms with Gasteiger partial charge in [-0.25, -0.2) is 4.98 Å². The molecule has 0 aromatic carbocycles. The highest BCUT2D eigenvalue weighted by Gasteiger charge is 2.41. The number of aryl methyl sites for hydroxylation is 1. The van der Waals surface area contributed by atoms with E-state index in [9.17, 15) is 4.79 Å². The summed E-state index contributed by atoms with van der Waals surface area (Å²) in [6, 6.07) is 0.351. The number of rotatable bonds is 2.